The van der Waals surface area contributed by atoms with E-state index in [-0.39, 0.29) is 5.54 Å². The van der Waals surface area contributed by atoms with E-state index in [0.717, 1.165) is 28.0 Å². The van der Waals surface area contributed by atoms with Crippen molar-refractivity contribution in [3.8, 4) is 22.6 Å². The highest BCUT2D eigenvalue weighted by Crippen LogP contribution is 2.40. The number of hydrogen-bond donors (Lipinski definition) is 0. The molecule has 0 radical (unpaired) electrons. The molecule has 6 rings (SSSR count). The molecule has 0 N–H and O–H groups in total. The summed E-state index contributed by atoms with van der Waals surface area (Å²) in [6.45, 7) is 6.67. The number of fused-ring (bicyclic) bond motifs is 2. The minimum absolute atomic E-state index is 0.179. The molecule has 0 saturated heterocycles. The highest BCUT2D eigenvalue weighted by Gasteiger charge is 2.27. The Morgan fingerprint density at radius 1 is 0.639 bits per heavy atom. The second-order valence-electron chi connectivity index (χ2n) is 10.1. The molecule has 6 aromatic rings. The molecule has 1 heterocycles. The molecule has 0 atom stereocenters. The van der Waals surface area contributed by atoms with Crippen LogP contribution in [-0.4, -0.2) is 10.5 Å². The Labute approximate surface area is 211 Å². The van der Waals surface area contributed by atoms with Gasteiger partial charge in [0, 0.05) is 16.8 Å². The molecule has 0 bridgehead atoms. The molecule has 0 aliphatic heterocycles. The van der Waals surface area contributed by atoms with Crippen LogP contribution in [-0.2, 0) is 0 Å². The first-order valence-electron chi connectivity index (χ1n) is 12.3. The van der Waals surface area contributed by atoms with Gasteiger partial charge in [-0.3, -0.25) is 0 Å². The molecule has 0 saturated carbocycles. The maximum atomic E-state index is 6.17. The molecule has 3 nitrogen and oxygen atoms in total. The molecule has 0 spiro atoms. The Bertz CT molecular complexity index is 1650. The van der Waals surface area contributed by atoms with Gasteiger partial charge in [0.2, 0.25) is 5.89 Å². The average molecular weight is 469 g/mol. The number of nitrogens with zero attached hydrogens (tertiary/aromatic N) is 2. The van der Waals surface area contributed by atoms with Crippen LogP contribution in [0.2, 0.25) is 0 Å². The van der Waals surface area contributed by atoms with Gasteiger partial charge in [0.05, 0.1) is 5.69 Å². The van der Waals surface area contributed by atoms with E-state index >= 15 is 0 Å². The molecule has 0 unspecified atom stereocenters. The summed E-state index contributed by atoms with van der Waals surface area (Å²) in [5, 5.41) is 2.52. The van der Waals surface area contributed by atoms with Crippen LogP contribution < -0.4 is 4.90 Å². The van der Waals surface area contributed by atoms with Gasteiger partial charge >= 0.3 is 0 Å². The topological polar surface area (TPSA) is 29.3 Å². The van der Waals surface area contributed by atoms with E-state index in [9.17, 15) is 0 Å². The lowest BCUT2D eigenvalue weighted by Crippen LogP contribution is -2.37. The van der Waals surface area contributed by atoms with Gasteiger partial charge < -0.3 is 9.32 Å². The van der Waals surface area contributed by atoms with Crippen molar-refractivity contribution in [1.82, 2.24) is 4.98 Å². The highest BCUT2D eigenvalue weighted by atomic mass is 16.3. The lowest BCUT2D eigenvalue weighted by atomic mass is 9.97. The zero-order valence-corrected chi connectivity index (χ0v) is 20.8. The number of para-hydroxylation sites is 1. The van der Waals surface area contributed by atoms with Gasteiger partial charge in [0.1, 0.15) is 5.52 Å². The maximum Gasteiger partial charge on any atom is 0.227 e. The SMILES string of the molecule is CC(C)(C)N(c1ccc(-c2cccc3ccccc23)cc1)c1cccc2oc(-c3ccccc3)nc12. The third kappa shape index (κ3) is 3.93. The number of hydrogen-bond acceptors (Lipinski definition) is 3. The summed E-state index contributed by atoms with van der Waals surface area (Å²) in [7, 11) is 0. The quantitative estimate of drug-likeness (QED) is 0.258. The average Bonchev–Trinajstić information content (AvgIpc) is 3.34. The van der Waals surface area contributed by atoms with Crippen LogP contribution in [0.4, 0.5) is 11.4 Å². The molecule has 0 aliphatic carbocycles. The highest BCUT2D eigenvalue weighted by molar-refractivity contribution is 5.97. The molecule has 36 heavy (non-hydrogen) atoms. The van der Waals surface area contributed by atoms with Crippen molar-refractivity contribution in [2.75, 3.05) is 4.90 Å². The number of benzene rings is 5. The minimum Gasteiger partial charge on any atom is -0.436 e. The summed E-state index contributed by atoms with van der Waals surface area (Å²) in [4.78, 5) is 7.28. The summed E-state index contributed by atoms with van der Waals surface area (Å²) in [6.07, 6.45) is 0. The second kappa shape index (κ2) is 8.69. The summed E-state index contributed by atoms with van der Waals surface area (Å²) >= 11 is 0. The van der Waals surface area contributed by atoms with E-state index in [1.807, 2.05) is 42.5 Å². The Morgan fingerprint density at radius 2 is 1.33 bits per heavy atom. The second-order valence-corrected chi connectivity index (χ2v) is 10.1. The molecule has 3 heteroatoms. The standard InChI is InChI=1S/C33H28N2O/c1-33(2,3)35(29-17-10-18-30-31(29)34-32(36-30)25-12-5-4-6-13-25)26-21-19-24(20-22-26)28-16-9-14-23-11-7-8-15-27(23)28/h4-22H,1-3H3. The summed E-state index contributed by atoms with van der Waals surface area (Å²) in [5.41, 5.74) is 7.04. The zero-order valence-electron chi connectivity index (χ0n) is 20.8. The van der Waals surface area contributed by atoms with Gasteiger partial charge in [-0.05, 0) is 79.1 Å². The lowest BCUT2D eigenvalue weighted by Gasteiger charge is -2.38. The third-order valence-corrected chi connectivity index (χ3v) is 6.56. The number of aromatic nitrogens is 1. The van der Waals surface area contributed by atoms with Crippen LogP contribution >= 0.6 is 0 Å². The van der Waals surface area contributed by atoms with Crippen LogP contribution in [0.1, 0.15) is 20.8 Å². The van der Waals surface area contributed by atoms with Crippen molar-refractivity contribution in [2.45, 2.75) is 26.3 Å². The van der Waals surface area contributed by atoms with Gasteiger partial charge in [0.15, 0.2) is 5.58 Å². The smallest absolute Gasteiger partial charge is 0.227 e. The molecular weight excluding hydrogens is 440 g/mol. The fraction of sp³-hybridized carbons (Fsp3) is 0.121. The molecule has 0 aliphatic rings. The lowest BCUT2D eigenvalue weighted by molar-refractivity contribution is 0.561. The van der Waals surface area contributed by atoms with Gasteiger partial charge in [-0.1, -0.05) is 78.9 Å². The van der Waals surface area contributed by atoms with E-state index < -0.39 is 0 Å². The van der Waals surface area contributed by atoms with Crippen molar-refractivity contribution in [1.29, 1.82) is 0 Å². The van der Waals surface area contributed by atoms with E-state index in [1.54, 1.807) is 0 Å². The van der Waals surface area contributed by atoms with Crippen molar-refractivity contribution in [2.24, 2.45) is 0 Å². The van der Waals surface area contributed by atoms with E-state index in [4.69, 9.17) is 9.40 Å². The largest absolute Gasteiger partial charge is 0.436 e. The van der Waals surface area contributed by atoms with Crippen LogP contribution in [0, 0.1) is 0 Å². The van der Waals surface area contributed by atoms with Gasteiger partial charge in [-0.15, -0.1) is 0 Å². The van der Waals surface area contributed by atoms with E-state index in [2.05, 4.69) is 98.5 Å². The summed E-state index contributed by atoms with van der Waals surface area (Å²) < 4.78 is 6.17. The Balaban J connectivity index is 1.45. The molecule has 5 aromatic carbocycles. The van der Waals surface area contributed by atoms with Gasteiger partial charge in [-0.25, -0.2) is 4.98 Å². The predicted molar refractivity (Wildman–Crippen MR) is 151 cm³/mol. The van der Waals surface area contributed by atoms with Crippen molar-refractivity contribution < 1.29 is 4.42 Å². The Morgan fingerprint density at radius 3 is 2.11 bits per heavy atom. The maximum absolute atomic E-state index is 6.17. The van der Waals surface area contributed by atoms with E-state index in [0.29, 0.717) is 5.89 Å². The van der Waals surface area contributed by atoms with Crippen LogP contribution in [0.15, 0.2) is 120 Å². The first-order chi connectivity index (χ1) is 17.5. The molecule has 1 aromatic heterocycles. The van der Waals surface area contributed by atoms with Crippen molar-refractivity contribution in [3.05, 3.63) is 115 Å². The van der Waals surface area contributed by atoms with Gasteiger partial charge in [-0.2, -0.15) is 0 Å². The van der Waals surface area contributed by atoms with Crippen molar-refractivity contribution >= 4 is 33.2 Å². The Hall–Kier alpha value is -4.37. The zero-order chi connectivity index (χ0) is 24.7. The third-order valence-electron chi connectivity index (χ3n) is 6.56. The number of oxazole rings is 1. The molecule has 0 fully saturated rings. The fourth-order valence-corrected chi connectivity index (χ4v) is 4.97. The monoisotopic (exact) mass is 468 g/mol. The number of anilines is 2. The van der Waals surface area contributed by atoms with E-state index in [1.165, 1.54) is 21.9 Å². The first-order valence-corrected chi connectivity index (χ1v) is 12.3. The summed E-state index contributed by atoms with van der Waals surface area (Å²) in [5.74, 6) is 0.637. The number of rotatable bonds is 4. The molecule has 0 amide bonds. The van der Waals surface area contributed by atoms with Crippen LogP contribution in [0.3, 0.4) is 0 Å². The minimum atomic E-state index is -0.179. The Kier molecular flexibility index (Phi) is 5.34. The van der Waals surface area contributed by atoms with Crippen LogP contribution in [0.25, 0.3) is 44.5 Å². The van der Waals surface area contributed by atoms with Crippen molar-refractivity contribution in [3.63, 3.8) is 0 Å². The predicted octanol–water partition coefficient (Wildman–Crippen LogP) is 9.25. The summed E-state index contributed by atoms with van der Waals surface area (Å²) in [6, 6.07) is 40.1. The fourth-order valence-electron chi connectivity index (χ4n) is 4.97. The molecular formula is C33H28N2O. The van der Waals surface area contributed by atoms with Gasteiger partial charge in [0.25, 0.3) is 0 Å². The first kappa shape index (κ1) is 22.1. The normalized spacial score (nSPS) is 11.8. The molecule has 176 valence electrons. The van der Waals surface area contributed by atoms with Crippen LogP contribution in [0.5, 0.6) is 0 Å².